The second-order valence-corrected chi connectivity index (χ2v) is 5.48. The maximum absolute atomic E-state index is 13.9. The van der Waals surface area contributed by atoms with Gasteiger partial charge in [-0.3, -0.25) is 4.79 Å². The Labute approximate surface area is 106 Å². The monoisotopic (exact) mass is 248 g/mol. The van der Waals surface area contributed by atoms with E-state index in [1.807, 2.05) is 0 Å². The number of benzene rings is 1. The molecule has 2 nitrogen and oxygen atoms in total. The first-order valence-corrected chi connectivity index (χ1v) is 6.58. The van der Waals surface area contributed by atoms with Gasteiger partial charge in [0.05, 0.1) is 5.41 Å². The van der Waals surface area contributed by atoms with E-state index in [0.29, 0.717) is 23.5 Å². The van der Waals surface area contributed by atoms with Gasteiger partial charge >= 0.3 is 0 Å². The Balaban J connectivity index is 1.81. The van der Waals surface area contributed by atoms with Crippen molar-refractivity contribution in [1.29, 1.82) is 0 Å². The molecule has 0 aromatic heterocycles. The van der Waals surface area contributed by atoms with Gasteiger partial charge in [-0.1, -0.05) is 25.0 Å². The first kappa shape index (κ1) is 11.7. The summed E-state index contributed by atoms with van der Waals surface area (Å²) in [6, 6.07) is 5.16. The van der Waals surface area contributed by atoms with Crippen LogP contribution in [-0.4, -0.2) is 11.9 Å². The molecule has 1 spiro atoms. The predicted molar refractivity (Wildman–Crippen MR) is 66.1 cm³/mol. The Morgan fingerprint density at radius 2 is 2.06 bits per heavy atom. The lowest BCUT2D eigenvalue weighted by Crippen LogP contribution is -2.55. The van der Waals surface area contributed by atoms with Gasteiger partial charge in [0, 0.05) is 6.42 Å². The average molecular weight is 248 g/mol. The molecule has 1 aromatic rings. The number of ether oxygens (including phenoxy) is 1. The Hall–Kier alpha value is -1.38. The number of Topliss-reactive ketones (excluding diaryl/α,β-unsaturated/α-hetero) is 1. The third-order valence-corrected chi connectivity index (χ3v) is 4.46. The van der Waals surface area contributed by atoms with Crippen molar-refractivity contribution in [3.8, 4) is 5.75 Å². The minimum Gasteiger partial charge on any atom is -0.486 e. The highest BCUT2D eigenvalue weighted by Gasteiger charge is 2.57. The molecule has 2 aliphatic rings. The van der Waals surface area contributed by atoms with E-state index >= 15 is 0 Å². The molecule has 2 saturated carbocycles. The summed E-state index contributed by atoms with van der Waals surface area (Å²) >= 11 is 0. The van der Waals surface area contributed by atoms with Crippen LogP contribution < -0.4 is 4.74 Å². The fourth-order valence-electron chi connectivity index (χ4n) is 3.24. The third-order valence-electron chi connectivity index (χ3n) is 4.46. The second-order valence-electron chi connectivity index (χ2n) is 5.48. The van der Waals surface area contributed by atoms with Gasteiger partial charge in [0.15, 0.2) is 11.6 Å². The highest BCUT2D eigenvalue weighted by atomic mass is 19.1. The van der Waals surface area contributed by atoms with E-state index < -0.39 is 0 Å². The molecule has 0 N–H and O–H groups in total. The topological polar surface area (TPSA) is 26.3 Å². The zero-order chi connectivity index (χ0) is 12.8. The summed E-state index contributed by atoms with van der Waals surface area (Å²) in [5.41, 5.74) is 0.287. The van der Waals surface area contributed by atoms with Gasteiger partial charge in [-0.2, -0.15) is 0 Å². The van der Waals surface area contributed by atoms with Crippen LogP contribution >= 0.6 is 0 Å². The maximum Gasteiger partial charge on any atom is 0.167 e. The molecule has 0 radical (unpaired) electrons. The van der Waals surface area contributed by atoms with E-state index in [0.717, 1.165) is 25.7 Å². The lowest BCUT2D eigenvalue weighted by atomic mass is 9.63. The standard InChI is InChI=1S/C15H17FO2/c1-10-5-4-6-11(14(10)16)18-13-9-12(17)15(13)7-2-3-8-15/h4-6,13H,2-3,7-9H2,1H3. The molecule has 0 amide bonds. The summed E-state index contributed by atoms with van der Waals surface area (Å²) in [6.07, 6.45) is 4.30. The highest BCUT2D eigenvalue weighted by Crippen LogP contribution is 2.52. The van der Waals surface area contributed by atoms with Crippen molar-refractivity contribution in [2.75, 3.05) is 0 Å². The summed E-state index contributed by atoms with van der Waals surface area (Å²) in [6.45, 7) is 1.72. The number of hydrogen-bond acceptors (Lipinski definition) is 2. The Morgan fingerprint density at radius 3 is 2.72 bits per heavy atom. The first-order chi connectivity index (χ1) is 8.63. The van der Waals surface area contributed by atoms with Crippen molar-refractivity contribution in [2.45, 2.75) is 45.1 Å². The van der Waals surface area contributed by atoms with Crippen molar-refractivity contribution in [3.05, 3.63) is 29.6 Å². The maximum atomic E-state index is 13.9. The molecule has 0 aliphatic heterocycles. The van der Waals surface area contributed by atoms with E-state index in [1.165, 1.54) is 0 Å². The fraction of sp³-hybridized carbons (Fsp3) is 0.533. The number of hydrogen-bond donors (Lipinski definition) is 0. The van der Waals surface area contributed by atoms with Crippen molar-refractivity contribution >= 4 is 5.78 Å². The zero-order valence-corrected chi connectivity index (χ0v) is 10.5. The lowest BCUT2D eigenvalue weighted by Gasteiger charge is -2.44. The number of rotatable bonds is 2. The second kappa shape index (κ2) is 4.08. The molecule has 0 bridgehead atoms. The van der Waals surface area contributed by atoms with E-state index in [-0.39, 0.29) is 17.3 Å². The van der Waals surface area contributed by atoms with E-state index in [1.54, 1.807) is 25.1 Å². The molecule has 18 heavy (non-hydrogen) atoms. The van der Waals surface area contributed by atoms with Gasteiger partial charge < -0.3 is 4.74 Å². The summed E-state index contributed by atoms with van der Waals surface area (Å²) in [5.74, 6) is 0.293. The molecule has 96 valence electrons. The van der Waals surface area contributed by atoms with Crippen LogP contribution in [0, 0.1) is 18.2 Å². The lowest BCUT2D eigenvalue weighted by molar-refractivity contribution is -0.151. The quantitative estimate of drug-likeness (QED) is 0.801. The molecule has 1 aromatic carbocycles. The summed E-state index contributed by atoms with van der Waals surface area (Å²) in [5, 5.41) is 0. The summed E-state index contributed by atoms with van der Waals surface area (Å²) in [7, 11) is 0. The van der Waals surface area contributed by atoms with E-state index in [9.17, 15) is 9.18 Å². The van der Waals surface area contributed by atoms with Gasteiger partial charge in [0.1, 0.15) is 11.9 Å². The highest BCUT2D eigenvalue weighted by molar-refractivity contribution is 5.92. The number of ketones is 1. The van der Waals surface area contributed by atoms with Gasteiger partial charge in [-0.15, -0.1) is 0 Å². The van der Waals surface area contributed by atoms with Crippen LogP contribution in [0.1, 0.15) is 37.7 Å². The van der Waals surface area contributed by atoms with Gasteiger partial charge in [0.2, 0.25) is 0 Å². The molecular formula is C15H17FO2. The first-order valence-electron chi connectivity index (χ1n) is 6.58. The molecule has 1 unspecified atom stereocenters. The molecule has 0 heterocycles. The van der Waals surface area contributed by atoms with E-state index in [2.05, 4.69) is 0 Å². The van der Waals surface area contributed by atoms with Crippen LogP contribution in [0.4, 0.5) is 4.39 Å². The van der Waals surface area contributed by atoms with Crippen LogP contribution in [-0.2, 0) is 4.79 Å². The van der Waals surface area contributed by atoms with Crippen LogP contribution in [0.3, 0.4) is 0 Å². The molecule has 3 rings (SSSR count). The van der Waals surface area contributed by atoms with Gasteiger partial charge in [-0.05, 0) is 31.4 Å². The van der Waals surface area contributed by atoms with Gasteiger partial charge in [0.25, 0.3) is 0 Å². The normalized spacial score (nSPS) is 25.2. The molecule has 1 atom stereocenters. The van der Waals surface area contributed by atoms with Crippen LogP contribution in [0.2, 0.25) is 0 Å². The smallest absolute Gasteiger partial charge is 0.167 e. The van der Waals surface area contributed by atoms with E-state index in [4.69, 9.17) is 4.74 Å². The molecule has 2 aliphatic carbocycles. The zero-order valence-electron chi connectivity index (χ0n) is 10.5. The fourth-order valence-corrected chi connectivity index (χ4v) is 3.24. The molecule has 2 fully saturated rings. The van der Waals surface area contributed by atoms with Crippen molar-refractivity contribution in [2.24, 2.45) is 5.41 Å². The Kier molecular flexibility index (Phi) is 2.65. The number of halogens is 1. The molecule has 3 heteroatoms. The van der Waals surface area contributed by atoms with Crippen molar-refractivity contribution < 1.29 is 13.9 Å². The predicted octanol–water partition coefficient (Wildman–Crippen LogP) is 3.41. The van der Waals surface area contributed by atoms with Gasteiger partial charge in [-0.25, -0.2) is 4.39 Å². The number of carbonyl (C=O) groups is 1. The van der Waals surface area contributed by atoms with Crippen LogP contribution in [0.15, 0.2) is 18.2 Å². The number of carbonyl (C=O) groups excluding carboxylic acids is 1. The number of aryl methyl sites for hydroxylation is 1. The average Bonchev–Trinajstić information content (AvgIpc) is 2.86. The van der Waals surface area contributed by atoms with Crippen LogP contribution in [0.25, 0.3) is 0 Å². The molecular weight excluding hydrogens is 231 g/mol. The minimum atomic E-state index is -0.301. The largest absolute Gasteiger partial charge is 0.486 e. The SMILES string of the molecule is Cc1cccc(OC2CC(=O)C23CCCC3)c1F. The molecule has 0 saturated heterocycles. The Morgan fingerprint density at radius 1 is 1.33 bits per heavy atom. The van der Waals surface area contributed by atoms with Crippen LogP contribution in [0.5, 0.6) is 5.75 Å². The Bertz CT molecular complexity index is 489. The minimum absolute atomic E-state index is 0.121. The summed E-state index contributed by atoms with van der Waals surface area (Å²) in [4.78, 5) is 11.8. The summed E-state index contributed by atoms with van der Waals surface area (Å²) < 4.78 is 19.7. The third kappa shape index (κ3) is 1.57. The van der Waals surface area contributed by atoms with Crippen molar-refractivity contribution in [3.63, 3.8) is 0 Å². The van der Waals surface area contributed by atoms with Crippen molar-refractivity contribution in [1.82, 2.24) is 0 Å².